The van der Waals surface area contributed by atoms with Gasteiger partial charge in [-0.3, -0.25) is 4.79 Å². The highest BCUT2D eigenvalue weighted by atomic mass is 16.3. The van der Waals surface area contributed by atoms with Gasteiger partial charge in [-0.1, -0.05) is 36.4 Å². The smallest absolute Gasteiger partial charge is 0.222 e. The minimum atomic E-state index is 0.0469. The quantitative estimate of drug-likeness (QED) is 0.704. The van der Waals surface area contributed by atoms with E-state index >= 15 is 0 Å². The molecule has 0 spiro atoms. The Morgan fingerprint density at radius 3 is 2.46 bits per heavy atom. The van der Waals surface area contributed by atoms with E-state index in [4.69, 9.17) is 5.10 Å². The summed E-state index contributed by atoms with van der Waals surface area (Å²) in [4.78, 5) is 14.3. The third-order valence-corrected chi connectivity index (χ3v) is 5.21. The van der Waals surface area contributed by atoms with Crippen molar-refractivity contribution in [2.45, 2.75) is 40.2 Å². The number of nitrogens with zero attached hydrogens (tertiary/aromatic N) is 3. The van der Waals surface area contributed by atoms with Crippen LogP contribution in [0.2, 0.25) is 0 Å². The van der Waals surface area contributed by atoms with Crippen LogP contribution in [0.4, 0.5) is 0 Å². The molecule has 0 bridgehead atoms. The van der Waals surface area contributed by atoms with E-state index in [0.29, 0.717) is 19.4 Å². The molecular formula is C23H27N3O2. The van der Waals surface area contributed by atoms with Crippen LogP contribution in [0.5, 0.6) is 5.75 Å². The predicted molar refractivity (Wildman–Crippen MR) is 111 cm³/mol. The Kier molecular flexibility index (Phi) is 5.83. The maximum atomic E-state index is 12.6. The second-order valence-corrected chi connectivity index (χ2v) is 7.23. The number of aryl methyl sites for hydroxylation is 3. The van der Waals surface area contributed by atoms with Crippen LogP contribution in [-0.2, 0) is 17.8 Å². The molecule has 0 saturated carbocycles. The predicted octanol–water partition coefficient (Wildman–Crippen LogP) is 4.09. The van der Waals surface area contributed by atoms with E-state index in [9.17, 15) is 9.90 Å². The summed E-state index contributed by atoms with van der Waals surface area (Å²) < 4.78 is 1.96. The minimum Gasteiger partial charge on any atom is -0.508 e. The molecule has 1 N–H and O–H groups in total. The molecule has 0 saturated heterocycles. The molecule has 0 aliphatic heterocycles. The fourth-order valence-electron chi connectivity index (χ4n) is 3.42. The number of carbonyl (C=O) groups excluding carboxylic acids is 1. The van der Waals surface area contributed by atoms with E-state index < -0.39 is 0 Å². The first-order chi connectivity index (χ1) is 13.4. The van der Waals surface area contributed by atoms with Gasteiger partial charge in [-0.05, 0) is 50.5 Å². The molecule has 0 unspecified atom stereocenters. The van der Waals surface area contributed by atoms with Crippen molar-refractivity contribution in [2.75, 3.05) is 7.05 Å². The van der Waals surface area contributed by atoms with E-state index in [0.717, 1.165) is 33.8 Å². The third-order valence-electron chi connectivity index (χ3n) is 5.21. The summed E-state index contributed by atoms with van der Waals surface area (Å²) in [5.41, 5.74) is 6.06. The van der Waals surface area contributed by atoms with Gasteiger partial charge < -0.3 is 10.0 Å². The number of phenols is 1. The molecular weight excluding hydrogens is 350 g/mol. The Balaban J connectivity index is 1.72. The molecule has 2 aromatic carbocycles. The number of phenolic OH excluding ortho intramolecular Hbond substituents is 1. The lowest BCUT2D eigenvalue weighted by molar-refractivity contribution is -0.130. The fourth-order valence-corrected chi connectivity index (χ4v) is 3.42. The molecule has 0 aliphatic rings. The van der Waals surface area contributed by atoms with Crippen LogP contribution in [0.3, 0.4) is 0 Å². The van der Waals surface area contributed by atoms with Gasteiger partial charge in [0.25, 0.3) is 0 Å². The molecule has 1 amide bonds. The van der Waals surface area contributed by atoms with Crippen LogP contribution >= 0.6 is 0 Å². The Morgan fingerprint density at radius 1 is 1.07 bits per heavy atom. The molecule has 3 aromatic rings. The van der Waals surface area contributed by atoms with Crippen molar-refractivity contribution in [2.24, 2.45) is 0 Å². The Morgan fingerprint density at radius 2 is 1.75 bits per heavy atom. The number of carbonyl (C=O) groups is 1. The summed E-state index contributed by atoms with van der Waals surface area (Å²) in [6.45, 7) is 6.61. The van der Waals surface area contributed by atoms with Gasteiger partial charge in [-0.15, -0.1) is 0 Å². The largest absolute Gasteiger partial charge is 0.508 e. The highest BCUT2D eigenvalue weighted by Gasteiger charge is 2.18. The molecule has 146 valence electrons. The van der Waals surface area contributed by atoms with Crippen molar-refractivity contribution in [3.63, 3.8) is 0 Å². The van der Waals surface area contributed by atoms with E-state index in [1.165, 1.54) is 0 Å². The van der Waals surface area contributed by atoms with Crippen LogP contribution < -0.4 is 0 Å². The zero-order valence-electron chi connectivity index (χ0n) is 16.9. The van der Waals surface area contributed by atoms with Crippen LogP contribution in [0.1, 0.15) is 34.5 Å². The van der Waals surface area contributed by atoms with Gasteiger partial charge >= 0.3 is 0 Å². The van der Waals surface area contributed by atoms with E-state index in [2.05, 4.69) is 19.1 Å². The molecule has 1 heterocycles. The molecule has 0 aliphatic carbocycles. The molecule has 5 heteroatoms. The van der Waals surface area contributed by atoms with Gasteiger partial charge in [0.1, 0.15) is 5.75 Å². The Labute approximate surface area is 166 Å². The molecule has 28 heavy (non-hydrogen) atoms. The van der Waals surface area contributed by atoms with Gasteiger partial charge in [-0.2, -0.15) is 5.10 Å². The van der Waals surface area contributed by atoms with Crippen molar-refractivity contribution < 1.29 is 9.90 Å². The normalized spacial score (nSPS) is 10.9. The average Bonchev–Trinajstić information content (AvgIpc) is 2.95. The van der Waals surface area contributed by atoms with E-state index in [-0.39, 0.29) is 11.7 Å². The number of aromatic nitrogens is 2. The standard InChI is InChI=1S/C23H27N3O2/c1-16-9-5-7-11-21(16)26-18(3)20(17(2)24-26)15-25(4)23(28)14-13-19-10-6-8-12-22(19)27/h5-12,27H,13-15H2,1-4H3. The van der Waals surface area contributed by atoms with E-state index in [1.54, 1.807) is 17.0 Å². The first kappa shape index (κ1) is 19.7. The second kappa shape index (κ2) is 8.30. The van der Waals surface area contributed by atoms with Crippen molar-refractivity contribution in [3.05, 3.63) is 76.6 Å². The van der Waals surface area contributed by atoms with Gasteiger partial charge in [0.2, 0.25) is 5.91 Å². The topological polar surface area (TPSA) is 58.4 Å². The summed E-state index contributed by atoms with van der Waals surface area (Å²) in [6, 6.07) is 15.3. The maximum Gasteiger partial charge on any atom is 0.222 e. The first-order valence-electron chi connectivity index (χ1n) is 9.50. The average molecular weight is 377 g/mol. The zero-order valence-corrected chi connectivity index (χ0v) is 16.9. The number of hydrogen-bond acceptors (Lipinski definition) is 3. The molecule has 1 aromatic heterocycles. The van der Waals surface area contributed by atoms with Crippen LogP contribution in [0.15, 0.2) is 48.5 Å². The van der Waals surface area contributed by atoms with Gasteiger partial charge in [-0.25, -0.2) is 4.68 Å². The summed E-state index contributed by atoms with van der Waals surface area (Å²) in [7, 11) is 1.82. The minimum absolute atomic E-state index is 0.0469. The number of aromatic hydroxyl groups is 1. The first-order valence-corrected chi connectivity index (χ1v) is 9.50. The summed E-state index contributed by atoms with van der Waals surface area (Å²) in [5, 5.41) is 14.6. The van der Waals surface area contributed by atoms with Crippen molar-refractivity contribution >= 4 is 5.91 Å². The van der Waals surface area contributed by atoms with Crippen LogP contribution in [0, 0.1) is 20.8 Å². The lowest BCUT2D eigenvalue weighted by atomic mass is 10.1. The number of rotatable bonds is 6. The Hall–Kier alpha value is -3.08. The monoisotopic (exact) mass is 377 g/mol. The van der Waals surface area contributed by atoms with Gasteiger partial charge in [0, 0.05) is 31.3 Å². The van der Waals surface area contributed by atoms with Gasteiger partial charge in [0.15, 0.2) is 0 Å². The number of amides is 1. The number of para-hydroxylation sites is 2. The van der Waals surface area contributed by atoms with Crippen molar-refractivity contribution in [1.82, 2.24) is 14.7 Å². The lowest BCUT2D eigenvalue weighted by Crippen LogP contribution is -2.27. The Bertz CT molecular complexity index is 991. The van der Waals surface area contributed by atoms with Gasteiger partial charge in [0.05, 0.1) is 11.4 Å². The number of hydrogen-bond donors (Lipinski definition) is 1. The summed E-state index contributed by atoms with van der Waals surface area (Å²) >= 11 is 0. The molecule has 0 radical (unpaired) electrons. The maximum absolute atomic E-state index is 12.6. The summed E-state index contributed by atoms with van der Waals surface area (Å²) in [6.07, 6.45) is 0.883. The second-order valence-electron chi connectivity index (χ2n) is 7.23. The summed E-state index contributed by atoms with van der Waals surface area (Å²) in [5.74, 6) is 0.287. The van der Waals surface area contributed by atoms with Crippen molar-refractivity contribution in [3.8, 4) is 11.4 Å². The molecule has 5 nitrogen and oxygen atoms in total. The molecule has 3 rings (SSSR count). The highest BCUT2D eigenvalue weighted by molar-refractivity contribution is 5.76. The molecule has 0 fully saturated rings. The lowest BCUT2D eigenvalue weighted by Gasteiger charge is -2.18. The number of benzene rings is 2. The zero-order chi connectivity index (χ0) is 20.3. The van der Waals surface area contributed by atoms with Crippen LogP contribution in [0.25, 0.3) is 5.69 Å². The van der Waals surface area contributed by atoms with Crippen LogP contribution in [-0.4, -0.2) is 32.7 Å². The van der Waals surface area contributed by atoms with E-state index in [1.807, 2.05) is 49.8 Å². The van der Waals surface area contributed by atoms with Crippen molar-refractivity contribution in [1.29, 1.82) is 0 Å². The fraction of sp³-hybridized carbons (Fsp3) is 0.304. The molecule has 0 atom stereocenters. The third kappa shape index (κ3) is 4.09. The SMILES string of the molecule is Cc1ccccc1-n1nc(C)c(CN(C)C(=O)CCc2ccccc2O)c1C. The highest BCUT2D eigenvalue weighted by Crippen LogP contribution is 2.22.